The van der Waals surface area contributed by atoms with E-state index in [9.17, 15) is 20.0 Å². The number of rotatable bonds is 3. The van der Waals surface area contributed by atoms with Crippen molar-refractivity contribution in [2.45, 2.75) is 13.0 Å². The number of carbonyl (C=O) groups is 1. The fraction of sp³-hybridized carbons (Fsp3) is 0.545. The molecule has 7 nitrogen and oxygen atoms in total. The van der Waals surface area contributed by atoms with E-state index >= 15 is 0 Å². The van der Waals surface area contributed by atoms with Crippen molar-refractivity contribution in [1.29, 1.82) is 0 Å². The highest BCUT2D eigenvalue weighted by atomic mass is 32.1. The summed E-state index contributed by atoms with van der Waals surface area (Å²) in [6.07, 6.45) is -0.749. The van der Waals surface area contributed by atoms with Crippen molar-refractivity contribution in [3.05, 3.63) is 21.1 Å². The van der Waals surface area contributed by atoms with Crippen LogP contribution in [0.5, 0.6) is 0 Å². The van der Waals surface area contributed by atoms with Gasteiger partial charge in [0.25, 0.3) is 0 Å². The van der Waals surface area contributed by atoms with Gasteiger partial charge in [-0.1, -0.05) is 0 Å². The third-order valence-corrected chi connectivity index (χ3v) is 4.42. The fourth-order valence-electron chi connectivity index (χ4n) is 1.88. The molecule has 1 saturated heterocycles. The minimum Gasteiger partial charge on any atom is -0.388 e. The second-order valence-electron chi connectivity index (χ2n) is 4.51. The van der Waals surface area contributed by atoms with Gasteiger partial charge in [0.05, 0.1) is 17.6 Å². The van der Waals surface area contributed by atoms with E-state index < -0.39 is 11.0 Å². The molecule has 1 aliphatic heterocycles. The van der Waals surface area contributed by atoms with Gasteiger partial charge in [-0.15, -0.1) is 11.3 Å². The van der Waals surface area contributed by atoms with Gasteiger partial charge in [0.1, 0.15) is 0 Å². The van der Waals surface area contributed by atoms with Crippen molar-refractivity contribution in [3.8, 4) is 0 Å². The maximum atomic E-state index is 11.7. The van der Waals surface area contributed by atoms with Crippen molar-refractivity contribution < 1.29 is 14.8 Å². The number of nitro groups is 1. The number of thiophene rings is 1. The Labute approximate surface area is 114 Å². The van der Waals surface area contributed by atoms with Crippen LogP contribution in [0.2, 0.25) is 0 Å². The lowest BCUT2D eigenvalue weighted by molar-refractivity contribution is -0.383. The largest absolute Gasteiger partial charge is 0.388 e. The SMILES string of the molecule is C[C@H](O)c1cc([N+](=O)[O-])c(N2CCN(C)C(=O)C2)s1. The molecule has 0 spiro atoms. The summed E-state index contributed by atoms with van der Waals surface area (Å²) in [6.45, 7) is 2.80. The Balaban J connectivity index is 2.33. The predicted octanol–water partition coefficient (Wildman–Crippen LogP) is 0.988. The lowest BCUT2D eigenvalue weighted by atomic mass is 10.3. The monoisotopic (exact) mass is 285 g/mol. The molecule has 1 aliphatic rings. The smallest absolute Gasteiger partial charge is 0.304 e. The van der Waals surface area contributed by atoms with Crippen LogP contribution in [-0.2, 0) is 4.79 Å². The third-order valence-electron chi connectivity index (χ3n) is 3.07. The summed E-state index contributed by atoms with van der Waals surface area (Å²) < 4.78 is 0. The average Bonchev–Trinajstić information content (AvgIpc) is 2.78. The summed E-state index contributed by atoms with van der Waals surface area (Å²) in [5, 5.41) is 21.0. The van der Waals surface area contributed by atoms with Crippen LogP contribution in [-0.4, -0.2) is 47.5 Å². The van der Waals surface area contributed by atoms with Crippen molar-refractivity contribution in [2.24, 2.45) is 0 Å². The Morgan fingerprint density at radius 2 is 2.21 bits per heavy atom. The maximum absolute atomic E-state index is 11.7. The van der Waals surface area contributed by atoms with Gasteiger partial charge in [0.15, 0.2) is 5.00 Å². The number of anilines is 1. The molecule has 1 N–H and O–H groups in total. The molecule has 0 saturated carbocycles. The van der Waals surface area contributed by atoms with E-state index in [1.807, 2.05) is 0 Å². The topological polar surface area (TPSA) is 86.9 Å². The van der Waals surface area contributed by atoms with Gasteiger partial charge in [-0.05, 0) is 6.92 Å². The van der Waals surface area contributed by atoms with Gasteiger partial charge in [-0.3, -0.25) is 14.9 Å². The van der Waals surface area contributed by atoms with Gasteiger partial charge in [0, 0.05) is 31.1 Å². The Hall–Kier alpha value is -1.67. The molecule has 2 heterocycles. The molecule has 19 heavy (non-hydrogen) atoms. The van der Waals surface area contributed by atoms with Crippen LogP contribution >= 0.6 is 11.3 Å². The van der Waals surface area contributed by atoms with Gasteiger partial charge < -0.3 is 14.9 Å². The number of aliphatic hydroxyl groups excluding tert-OH is 1. The van der Waals surface area contributed by atoms with E-state index in [0.717, 1.165) is 0 Å². The number of hydrogen-bond donors (Lipinski definition) is 1. The van der Waals surface area contributed by atoms with Crippen molar-refractivity contribution in [1.82, 2.24) is 4.90 Å². The van der Waals surface area contributed by atoms with Gasteiger partial charge in [-0.25, -0.2) is 0 Å². The number of amides is 1. The van der Waals surface area contributed by atoms with Crippen LogP contribution < -0.4 is 4.90 Å². The van der Waals surface area contributed by atoms with E-state index in [2.05, 4.69) is 0 Å². The molecular formula is C11H15N3O4S. The Morgan fingerprint density at radius 3 is 2.74 bits per heavy atom. The Morgan fingerprint density at radius 1 is 1.53 bits per heavy atom. The summed E-state index contributed by atoms with van der Waals surface area (Å²) in [6, 6.07) is 1.38. The summed E-state index contributed by atoms with van der Waals surface area (Å²) in [5.41, 5.74) is -0.0433. The maximum Gasteiger partial charge on any atom is 0.304 e. The molecule has 104 valence electrons. The molecule has 1 fully saturated rings. The van der Waals surface area contributed by atoms with Crippen LogP contribution in [0.4, 0.5) is 10.7 Å². The van der Waals surface area contributed by atoms with Crippen molar-refractivity contribution in [3.63, 3.8) is 0 Å². The summed E-state index contributed by atoms with van der Waals surface area (Å²) in [4.78, 5) is 26.1. The fourth-order valence-corrected chi connectivity index (χ4v) is 2.97. The molecule has 8 heteroatoms. The third kappa shape index (κ3) is 2.69. The number of hydrogen-bond acceptors (Lipinski definition) is 6. The normalized spacial score (nSPS) is 17.7. The molecule has 2 rings (SSSR count). The standard InChI is InChI=1S/C11H15N3O4S/c1-7(15)9-5-8(14(17)18)11(19-9)13-4-3-12(2)10(16)6-13/h5,7,15H,3-4,6H2,1-2H3/t7-/m0/s1. The first-order chi connectivity index (χ1) is 8.90. The van der Waals surface area contributed by atoms with E-state index in [1.165, 1.54) is 17.4 Å². The summed E-state index contributed by atoms with van der Waals surface area (Å²) >= 11 is 1.17. The summed E-state index contributed by atoms with van der Waals surface area (Å²) in [5.74, 6) is -0.0625. The first-order valence-corrected chi connectivity index (χ1v) is 6.67. The molecular weight excluding hydrogens is 270 g/mol. The van der Waals surface area contributed by atoms with Crippen LogP contribution in [0.15, 0.2) is 6.07 Å². The molecule has 1 atom stereocenters. The molecule has 0 bridgehead atoms. The first kappa shape index (κ1) is 13.8. The average molecular weight is 285 g/mol. The number of piperazine rings is 1. The molecule has 1 aromatic heterocycles. The second-order valence-corrected chi connectivity index (χ2v) is 5.57. The predicted molar refractivity (Wildman–Crippen MR) is 71.5 cm³/mol. The first-order valence-electron chi connectivity index (χ1n) is 5.85. The number of nitrogens with zero attached hydrogens (tertiary/aromatic N) is 3. The molecule has 1 amide bonds. The summed E-state index contributed by atoms with van der Waals surface area (Å²) in [7, 11) is 1.71. The molecule has 0 aliphatic carbocycles. The van der Waals surface area contributed by atoms with Crippen LogP contribution in [0.25, 0.3) is 0 Å². The van der Waals surface area contributed by atoms with Crippen molar-refractivity contribution >= 4 is 27.9 Å². The Kier molecular flexibility index (Phi) is 3.72. The van der Waals surface area contributed by atoms with Crippen LogP contribution in [0, 0.1) is 10.1 Å². The quantitative estimate of drug-likeness (QED) is 0.661. The lowest BCUT2D eigenvalue weighted by Crippen LogP contribution is -2.48. The highest BCUT2D eigenvalue weighted by molar-refractivity contribution is 7.16. The molecule has 1 aromatic rings. The molecule has 0 aromatic carbocycles. The number of aliphatic hydroxyl groups is 1. The van der Waals surface area contributed by atoms with Gasteiger partial charge >= 0.3 is 5.69 Å². The van der Waals surface area contributed by atoms with Gasteiger partial charge in [-0.2, -0.15) is 0 Å². The number of carbonyl (C=O) groups excluding carboxylic acids is 1. The minimum absolute atomic E-state index is 0.0433. The minimum atomic E-state index is -0.749. The van der Waals surface area contributed by atoms with Crippen LogP contribution in [0.3, 0.4) is 0 Å². The zero-order valence-corrected chi connectivity index (χ0v) is 11.5. The zero-order chi connectivity index (χ0) is 14.2. The van der Waals surface area contributed by atoms with E-state index in [4.69, 9.17) is 0 Å². The van der Waals surface area contributed by atoms with E-state index in [1.54, 1.807) is 23.8 Å². The van der Waals surface area contributed by atoms with Gasteiger partial charge in [0.2, 0.25) is 5.91 Å². The lowest BCUT2D eigenvalue weighted by Gasteiger charge is -2.32. The molecule has 0 radical (unpaired) electrons. The molecule has 0 unspecified atom stereocenters. The zero-order valence-electron chi connectivity index (χ0n) is 10.7. The highest BCUT2D eigenvalue weighted by Crippen LogP contribution is 2.40. The number of likely N-dealkylation sites (N-methyl/N-ethyl adjacent to an activating group) is 1. The highest BCUT2D eigenvalue weighted by Gasteiger charge is 2.29. The Bertz CT molecular complexity index is 514. The van der Waals surface area contributed by atoms with E-state index in [0.29, 0.717) is 23.0 Å². The van der Waals surface area contributed by atoms with E-state index in [-0.39, 0.29) is 18.1 Å². The second kappa shape index (κ2) is 5.14. The van der Waals surface area contributed by atoms with Crippen LogP contribution in [0.1, 0.15) is 17.9 Å². The van der Waals surface area contributed by atoms with Crippen molar-refractivity contribution in [2.75, 3.05) is 31.6 Å².